The van der Waals surface area contributed by atoms with Gasteiger partial charge in [-0.2, -0.15) is 0 Å². The minimum absolute atomic E-state index is 0.343. The molecule has 1 aromatic rings. The van der Waals surface area contributed by atoms with Crippen LogP contribution in [0, 0.1) is 0 Å². The fourth-order valence-corrected chi connectivity index (χ4v) is 1.50. The van der Waals surface area contributed by atoms with Crippen LogP contribution in [0.15, 0.2) is 35.3 Å². The van der Waals surface area contributed by atoms with Gasteiger partial charge in [0.25, 0.3) is 0 Å². The van der Waals surface area contributed by atoms with E-state index >= 15 is 0 Å². The van der Waals surface area contributed by atoms with Crippen LogP contribution in [-0.4, -0.2) is 19.0 Å². The molecule has 4 heteroatoms. The van der Waals surface area contributed by atoms with Crippen LogP contribution in [0.5, 0.6) is 0 Å². The highest BCUT2D eigenvalue weighted by Gasteiger charge is 2.03. The molecule has 4 N–H and O–H groups in total. The molecule has 0 aliphatic carbocycles. The van der Waals surface area contributed by atoms with E-state index in [1.807, 2.05) is 6.07 Å². The molecule has 0 saturated carbocycles. The van der Waals surface area contributed by atoms with Gasteiger partial charge < -0.3 is 5.32 Å². The molecular formula is C12H20N4. The molecule has 4 nitrogen and oxygen atoms in total. The van der Waals surface area contributed by atoms with Crippen molar-refractivity contribution in [3.05, 3.63) is 35.9 Å². The molecule has 1 aromatic carbocycles. The zero-order valence-corrected chi connectivity index (χ0v) is 9.90. The molecule has 0 saturated heterocycles. The molecule has 1 atom stereocenters. The number of nitrogens with two attached hydrogens (primary N) is 1. The summed E-state index contributed by atoms with van der Waals surface area (Å²) in [5.74, 6) is 5.92. The maximum atomic E-state index is 5.30. The largest absolute Gasteiger partial charge is 0.353 e. The Labute approximate surface area is 96.9 Å². The predicted octanol–water partition coefficient (Wildman–Crippen LogP) is 1.05. The lowest BCUT2D eigenvalue weighted by atomic mass is 10.1. The molecule has 1 unspecified atom stereocenters. The number of rotatable bonds is 4. The van der Waals surface area contributed by atoms with E-state index in [0.717, 1.165) is 12.8 Å². The number of aliphatic imine (C=N–C) groups is 1. The van der Waals surface area contributed by atoms with Crippen molar-refractivity contribution < 1.29 is 0 Å². The van der Waals surface area contributed by atoms with Crippen LogP contribution < -0.4 is 16.6 Å². The first-order valence-electron chi connectivity index (χ1n) is 5.50. The zero-order chi connectivity index (χ0) is 11.8. The Morgan fingerprint density at radius 3 is 2.62 bits per heavy atom. The number of aryl methyl sites for hydroxylation is 1. The van der Waals surface area contributed by atoms with Crippen molar-refractivity contribution in [2.75, 3.05) is 7.05 Å². The van der Waals surface area contributed by atoms with Crippen molar-refractivity contribution in [2.45, 2.75) is 25.8 Å². The van der Waals surface area contributed by atoms with Crippen LogP contribution in [0.1, 0.15) is 18.9 Å². The minimum Gasteiger partial charge on any atom is -0.353 e. The molecule has 16 heavy (non-hydrogen) atoms. The summed E-state index contributed by atoms with van der Waals surface area (Å²) < 4.78 is 0. The molecule has 88 valence electrons. The first-order chi connectivity index (χ1) is 7.76. The number of hydrazine groups is 1. The quantitative estimate of drug-likeness (QED) is 0.307. The topological polar surface area (TPSA) is 62.4 Å². The van der Waals surface area contributed by atoms with Crippen LogP contribution in [0.2, 0.25) is 0 Å². The third-order valence-electron chi connectivity index (χ3n) is 2.45. The van der Waals surface area contributed by atoms with Gasteiger partial charge in [-0.3, -0.25) is 10.4 Å². The van der Waals surface area contributed by atoms with Crippen LogP contribution >= 0.6 is 0 Å². The standard InChI is InChI=1S/C12H20N4/c1-10(15-12(14-2)16-13)8-9-11-6-4-3-5-7-11/h3-7,10H,8-9,13H2,1-2H3,(H2,14,15,16). The summed E-state index contributed by atoms with van der Waals surface area (Å²) in [5.41, 5.74) is 3.87. The lowest BCUT2D eigenvalue weighted by Gasteiger charge is -2.15. The first-order valence-corrected chi connectivity index (χ1v) is 5.50. The highest BCUT2D eigenvalue weighted by Crippen LogP contribution is 2.04. The summed E-state index contributed by atoms with van der Waals surface area (Å²) in [6.45, 7) is 2.12. The van der Waals surface area contributed by atoms with Crippen molar-refractivity contribution in [3.63, 3.8) is 0 Å². The van der Waals surface area contributed by atoms with Gasteiger partial charge in [0.15, 0.2) is 0 Å². The van der Waals surface area contributed by atoms with Crippen LogP contribution in [0.4, 0.5) is 0 Å². The van der Waals surface area contributed by atoms with Gasteiger partial charge >= 0.3 is 0 Å². The molecule has 0 fully saturated rings. The predicted molar refractivity (Wildman–Crippen MR) is 68.0 cm³/mol. The SMILES string of the molecule is CN=C(NN)NC(C)CCc1ccccc1. The molecule has 0 amide bonds. The van der Waals surface area contributed by atoms with Gasteiger partial charge in [-0.15, -0.1) is 0 Å². The Morgan fingerprint density at radius 1 is 1.38 bits per heavy atom. The summed E-state index contributed by atoms with van der Waals surface area (Å²) in [5, 5.41) is 3.20. The second-order valence-corrected chi connectivity index (χ2v) is 3.79. The van der Waals surface area contributed by atoms with Crippen molar-refractivity contribution in [1.29, 1.82) is 0 Å². The fraction of sp³-hybridized carbons (Fsp3) is 0.417. The summed E-state index contributed by atoms with van der Waals surface area (Å²) >= 11 is 0. The van der Waals surface area contributed by atoms with Gasteiger partial charge in [0.2, 0.25) is 5.96 Å². The van der Waals surface area contributed by atoms with Crippen LogP contribution in [0.3, 0.4) is 0 Å². The van der Waals surface area contributed by atoms with Gasteiger partial charge in [-0.25, -0.2) is 5.84 Å². The number of hydrogen-bond acceptors (Lipinski definition) is 2. The second-order valence-electron chi connectivity index (χ2n) is 3.79. The molecular weight excluding hydrogens is 200 g/mol. The van der Waals surface area contributed by atoms with Crippen molar-refractivity contribution in [1.82, 2.24) is 10.7 Å². The van der Waals surface area contributed by atoms with Crippen LogP contribution in [0.25, 0.3) is 0 Å². The second kappa shape index (κ2) is 6.85. The molecule has 0 aliphatic heterocycles. The number of hydrogen-bond donors (Lipinski definition) is 3. The van der Waals surface area contributed by atoms with E-state index in [0.29, 0.717) is 12.0 Å². The summed E-state index contributed by atoms with van der Waals surface area (Å²) in [4.78, 5) is 3.97. The molecule has 0 radical (unpaired) electrons. The highest BCUT2D eigenvalue weighted by atomic mass is 15.3. The monoisotopic (exact) mass is 220 g/mol. The lowest BCUT2D eigenvalue weighted by Crippen LogP contribution is -2.45. The third kappa shape index (κ3) is 4.31. The smallest absolute Gasteiger partial charge is 0.205 e. The maximum absolute atomic E-state index is 5.30. The minimum atomic E-state index is 0.343. The summed E-state index contributed by atoms with van der Waals surface area (Å²) in [7, 11) is 1.70. The number of nitrogens with one attached hydrogen (secondary N) is 2. The average Bonchev–Trinajstić information content (AvgIpc) is 2.34. The van der Waals surface area contributed by atoms with Crippen LogP contribution in [-0.2, 0) is 6.42 Å². The van der Waals surface area contributed by atoms with Crippen molar-refractivity contribution in [3.8, 4) is 0 Å². The summed E-state index contributed by atoms with van der Waals surface area (Å²) in [6, 6.07) is 10.8. The molecule has 0 aromatic heterocycles. The van der Waals surface area contributed by atoms with E-state index in [4.69, 9.17) is 5.84 Å². The molecule has 0 spiro atoms. The Bertz CT molecular complexity index is 321. The highest BCUT2D eigenvalue weighted by molar-refractivity contribution is 5.79. The Morgan fingerprint density at radius 2 is 2.06 bits per heavy atom. The van der Waals surface area contributed by atoms with Gasteiger partial charge in [-0.1, -0.05) is 30.3 Å². The van der Waals surface area contributed by atoms with Crippen molar-refractivity contribution >= 4 is 5.96 Å². The van der Waals surface area contributed by atoms with Crippen molar-refractivity contribution in [2.24, 2.45) is 10.8 Å². The van der Waals surface area contributed by atoms with Gasteiger partial charge in [0.05, 0.1) is 0 Å². The Balaban J connectivity index is 2.33. The number of benzene rings is 1. The molecule has 0 aliphatic rings. The van der Waals surface area contributed by atoms with E-state index in [1.54, 1.807) is 7.05 Å². The maximum Gasteiger partial charge on any atom is 0.205 e. The number of guanidine groups is 1. The zero-order valence-electron chi connectivity index (χ0n) is 9.90. The molecule has 0 bridgehead atoms. The molecule has 0 heterocycles. The van der Waals surface area contributed by atoms with Gasteiger partial charge in [-0.05, 0) is 25.3 Å². The van der Waals surface area contributed by atoms with E-state index in [1.165, 1.54) is 5.56 Å². The number of nitrogens with zero attached hydrogens (tertiary/aromatic N) is 1. The molecule has 1 rings (SSSR count). The van der Waals surface area contributed by atoms with E-state index in [9.17, 15) is 0 Å². The van der Waals surface area contributed by atoms with Gasteiger partial charge in [0, 0.05) is 13.1 Å². The lowest BCUT2D eigenvalue weighted by molar-refractivity contribution is 0.595. The average molecular weight is 220 g/mol. The first kappa shape index (κ1) is 12.5. The third-order valence-corrected chi connectivity index (χ3v) is 2.45. The normalized spacial score (nSPS) is 13.3. The van der Waals surface area contributed by atoms with E-state index in [2.05, 4.69) is 46.9 Å². The summed E-state index contributed by atoms with van der Waals surface area (Å²) in [6.07, 6.45) is 2.10. The van der Waals surface area contributed by atoms with E-state index in [-0.39, 0.29) is 0 Å². The fourth-order valence-electron chi connectivity index (χ4n) is 1.50. The Hall–Kier alpha value is -1.55. The van der Waals surface area contributed by atoms with E-state index < -0.39 is 0 Å². The Kier molecular flexibility index (Phi) is 5.36. The van der Waals surface area contributed by atoms with Gasteiger partial charge in [0.1, 0.15) is 0 Å².